The monoisotopic (exact) mass is 433 g/mol. The van der Waals surface area contributed by atoms with Gasteiger partial charge in [0.05, 0.1) is 6.61 Å². The third-order valence-electron chi connectivity index (χ3n) is 3.89. The Morgan fingerprint density at radius 2 is 1.65 bits per heavy atom. The van der Waals surface area contributed by atoms with Gasteiger partial charge in [0.2, 0.25) is 0 Å². The van der Waals surface area contributed by atoms with Crippen molar-refractivity contribution in [2.24, 2.45) is 10.9 Å². The first-order chi connectivity index (χ1) is 10.7. The predicted molar refractivity (Wildman–Crippen MR) is 109 cm³/mol. The topological polar surface area (TPSA) is 45.6 Å². The van der Waals surface area contributed by atoms with E-state index in [9.17, 15) is 0 Å². The SMILES string of the molecule is CCOCc1ccc(CNC(=NC)NCC(CC)CC)cc1.I. The van der Waals surface area contributed by atoms with E-state index < -0.39 is 0 Å². The van der Waals surface area contributed by atoms with Crippen molar-refractivity contribution < 1.29 is 4.74 Å². The normalized spacial score (nSPS) is 11.3. The Balaban J connectivity index is 0.00000484. The Kier molecular flexibility index (Phi) is 13.1. The zero-order chi connectivity index (χ0) is 16.2. The number of nitrogens with one attached hydrogen (secondary N) is 2. The van der Waals surface area contributed by atoms with Gasteiger partial charge in [-0.3, -0.25) is 4.99 Å². The highest BCUT2D eigenvalue weighted by molar-refractivity contribution is 14.0. The summed E-state index contributed by atoms with van der Waals surface area (Å²) in [5.74, 6) is 1.57. The summed E-state index contributed by atoms with van der Waals surface area (Å²) < 4.78 is 5.41. The van der Waals surface area contributed by atoms with Crippen LogP contribution in [0.25, 0.3) is 0 Å². The van der Waals surface area contributed by atoms with Crippen LogP contribution in [0.5, 0.6) is 0 Å². The number of benzene rings is 1. The zero-order valence-corrected chi connectivity index (χ0v) is 17.2. The molecule has 0 heterocycles. The van der Waals surface area contributed by atoms with Gasteiger partial charge < -0.3 is 15.4 Å². The molecule has 2 N–H and O–H groups in total. The Labute approximate surface area is 158 Å². The Bertz CT molecular complexity index is 430. The van der Waals surface area contributed by atoms with Gasteiger partial charge in [-0.15, -0.1) is 24.0 Å². The Morgan fingerprint density at radius 1 is 1.04 bits per heavy atom. The predicted octanol–water partition coefficient (Wildman–Crippen LogP) is 3.94. The van der Waals surface area contributed by atoms with Gasteiger partial charge in [0.1, 0.15) is 0 Å². The summed E-state index contributed by atoms with van der Waals surface area (Å²) in [6.07, 6.45) is 2.39. The number of rotatable bonds is 9. The lowest BCUT2D eigenvalue weighted by Crippen LogP contribution is -2.39. The van der Waals surface area contributed by atoms with Gasteiger partial charge in [0.15, 0.2) is 5.96 Å². The lowest BCUT2D eigenvalue weighted by atomic mass is 10.0. The van der Waals surface area contributed by atoms with Gasteiger partial charge in [-0.1, -0.05) is 51.0 Å². The van der Waals surface area contributed by atoms with Crippen LogP contribution in [0.4, 0.5) is 0 Å². The number of nitrogens with zero attached hydrogens (tertiary/aromatic N) is 1. The second kappa shape index (κ2) is 13.6. The Hall–Kier alpha value is -0.820. The van der Waals surface area contributed by atoms with E-state index in [1.807, 2.05) is 14.0 Å². The van der Waals surface area contributed by atoms with Crippen molar-refractivity contribution in [3.63, 3.8) is 0 Å². The molecule has 0 radical (unpaired) electrons. The van der Waals surface area contributed by atoms with Gasteiger partial charge in [-0.2, -0.15) is 0 Å². The van der Waals surface area contributed by atoms with E-state index in [0.29, 0.717) is 12.5 Å². The molecule has 1 rings (SSSR count). The molecule has 1 aromatic rings. The molecule has 1 aromatic carbocycles. The highest BCUT2D eigenvalue weighted by atomic mass is 127. The first-order valence-electron chi connectivity index (χ1n) is 8.33. The molecule has 0 spiro atoms. The number of hydrogen-bond donors (Lipinski definition) is 2. The summed E-state index contributed by atoms with van der Waals surface area (Å²) in [6, 6.07) is 8.51. The van der Waals surface area contributed by atoms with Crippen LogP contribution in [0.3, 0.4) is 0 Å². The van der Waals surface area contributed by atoms with Crippen LogP contribution >= 0.6 is 24.0 Å². The van der Waals surface area contributed by atoms with Gasteiger partial charge in [-0.05, 0) is 24.0 Å². The smallest absolute Gasteiger partial charge is 0.191 e. The molecule has 4 nitrogen and oxygen atoms in total. The number of aliphatic imine (C=N–C) groups is 1. The molecule has 0 unspecified atom stereocenters. The Morgan fingerprint density at radius 3 is 2.17 bits per heavy atom. The van der Waals surface area contributed by atoms with Crippen molar-refractivity contribution in [3.05, 3.63) is 35.4 Å². The molecule has 5 heteroatoms. The second-order valence-electron chi connectivity index (χ2n) is 5.44. The quantitative estimate of drug-likeness (QED) is 0.352. The average molecular weight is 433 g/mol. The van der Waals surface area contributed by atoms with Crippen LogP contribution in [0.1, 0.15) is 44.7 Å². The highest BCUT2D eigenvalue weighted by Crippen LogP contribution is 2.06. The summed E-state index contributed by atoms with van der Waals surface area (Å²) in [7, 11) is 1.81. The van der Waals surface area contributed by atoms with Gasteiger partial charge in [0, 0.05) is 26.7 Å². The van der Waals surface area contributed by atoms with E-state index in [1.165, 1.54) is 24.0 Å². The molecule has 0 aliphatic carbocycles. The van der Waals surface area contributed by atoms with E-state index in [-0.39, 0.29) is 24.0 Å². The van der Waals surface area contributed by atoms with Gasteiger partial charge in [0.25, 0.3) is 0 Å². The van der Waals surface area contributed by atoms with Crippen molar-refractivity contribution in [1.29, 1.82) is 0 Å². The van der Waals surface area contributed by atoms with Gasteiger partial charge >= 0.3 is 0 Å². The van der Waals surface area contributed by atoms with Crippen molar-refractivity contribution in [3.8, 4) is 0 Å². The fourth-order valence-electron chi connectivity index (χ4n) is 2.20. The minimum absolute atomic E-state index is 0. The average Bonchev–Trinajstić information content (AvgIpc) is 2.57. The summed E-state index contributed by atoms with van der Waals surface area (Å²) in [5.41, 5.74) is 2.45. The van der Waals surface area contributed by atoms with Crippen LogP contribution < -0.4 is 10.6 Å². The largest absolute Gasteiger partial charge is 0.377 e. The van der Waals surface area contributed by atoms with Crippen LogP contribution in [0.15, 0.2) is 29.3 Å². The molecule has 0 amide bonds. The van der Waals surface area contributed by atoms with E-state index >= 15 is 0 Å². The first-order valence-corrected chi connectivity index (χ1v) is 8.33. The van der Waals surface area contributed by atoms with Crippen molar-refractivity contribution in [2.75, 3.05) is 20.2 Å². The molecule has 0 saturated heterocycles. The van der Waals surface area contributed by atoms with Crippen molar-refractivity contribution in [1.82, 2.24) is 10.6 Å². The first kappa shape index (κ1) is 22.2. The van der Waals surface area contributed by atoms with Crippen molar-refractivity contribution >= 4 is 29.9 Å². The van der Waals surface area contributed by atoms with E-state index in [2.05, 4.69) is 53.7 Å². The number of ether oxygens (including phenoxy) is 1. The molecular formula is C18H32IN3O. The number of guanidine groups is 1. The molecule has 0 atom stereocenters. The fraction of sp³-hybridized carbons (Fsp3) is 0.611. The molecule has 132 valence electrons. The lowest BCUT2D eigenvalue weighted by Gasteiger charge is -2.16. The summed E-state index contributed by atoms with van der Waals surface area (Å²) in [4.78, 5) is 4.28. The fourth-order valence-corrected chi connectivity index (χ4v) is 2.20. The third kappa shape index (κ3) is 9.15. The van der Waals surface area contributed by atoms with E-state index in [4.69, 9.17) is 4.74 Å². The standard InChI is InChI=1S/C18H31N3O.HI/c1-5-15(6-2)12-20-18(19-4)21-13-16-8-10-17(11-9-16)14-22-7-3;/h8-11,15H,5-7,12-14H2,1-4H3,(H2,19,20,21);1H. The summed E-state index contributed by atoms with van der Waals surface area (Å²) in [5, 5.41) is 6.76. The maximum atomic E-state index is 5.41. The minimum atomic E-state index is 0. The zero-order valence-electron chi connectivity index (χ0n) is 14.9. The molecular weight excluding hydrogens is 401 g/mol. The number of hydrogen-bond acceptors (Lipinski definition) is 2. The molecule has 23 heavy (non-hydrogen) atoms. The van der Waals surface area contributed by atoms with Crippen molar-refractivity contribution in [2.45, 2.75) is 46.8 Å². The molecule has 0 aromatic heterocycles. The third-order valence-corrected chi connectivity index (χ3v) is 3.89. The van der Waals surface area contributed by atoms with Crippen LogP contribution in [-0.2, 0) is 17.9 Å². The summed E-state index contributed by atoms with van der Waals surface area (Å²) in [6.45, 7) is 9.66. The molecule has 0 bridgehead atoms. The maximum absolute atomic E-state index is 5.41. The van der Waals surface area contributed by atoms with E-state index in [1.54, 1.807) is 0 Å². The molecule has 0 aliphatic rings. The second-order valence-corrected chi connectivity index (χ2v) is 5.44. The minimum Gasteiger partial charge on any atom is -0.377 e. The molecule has 0 fully saturated rings. The lowest BCUT2D eigenvalue weighted by molar-refractivity contribution is 0.134. The van der Waals surface area contributed by atoms with Gasteiger partial charge in [-0.25, -0.2) is 0 Å². The van der Waals surface area contributed by atoms with Crippen LogP contribution in [0, 0.1) is 5.92 Å². The molecule has 0 aliphatic heterocycles. The highest BCUT2D eigenvalue weighted by Gasteiger charge is 2.04. The van der Waals surface area contributed by atoms with Crippen LogP contribution in [0.2, 0.25) is 0 Å². The summed E-state index contributed by atoms with van der Waals surface area (Å²) >= 11 is 0. The van der Waals surface area contributed by atoms with E-state index in [0.717, 1.165) is 25.7 Å². The molecule has 0 saturated carbocycles. The number of halogens is 1. The maximum Gasteiger partial charge on any atom is 0.191 e. The van der Waals surface area contributed by atoms with Crippen LogP contribution in [-0.4, -0.2) is 26.2 Å².